The van der Waals surface area contributed by atoms with Crippen LogP contribution in [0.15, 0.2) is 6.20 Å². The molecule has 1 heterocycles. The van der Waals surface area contributed by atoms with Gasteiger partial charge in [-0.25, -0.2) is 4.98 Å². The van der Waals surface area contributed by atoms with E-state index in [1.807, 2.05) is 7.05 Å². The quantitative estimate of drug-likeness (QED) is 0.860. The van der Waals surface area contributed by atoms with Gasteiger partial charge < -0.3 is 10.6 Å². The fourth-order valence-electron chi connectivity index (χ4n) is 1.63. The van der Waals surface area contributed by atoms with Crippen LogP contribution in [0.1, 0.15) is 26.7 Å². The minimum absolute atomic E-state index is 0.257. The Morgan fingerprint density at radius 3 is 2.60 bits per heavy atom. The van der Waals surface area contributed by atoms with Gasteiger partial charge >= 0.3 is 0 Å². The molecule has 0 fully saturated rings. The maximum Gasteiger partial charge on any atom is 0.222 e. The van der Waals surface area contributed by atoms with Gasteiger partial charge in [-0.05, 0) is 12.8 Å². The zero-order chi connectivity index (χ0) is 11.4. The average molecular weight is 229 g/mol. The molecule has 0 aliphatic heterocycles. The van der Waals surface area contributed by atoms with Crippen LogP contribution < -0.4 is 10.6 Å². The van der Waals surface area contributed by atoms with Crippen molar-refractivity contribution in [1.29, 1.82) is 0 Å². The third kappa shape index (κ3) is 2.72. The number of hydrogen-bond acceptors (Lipinski definition) is 4. The Morgan fingerprint density at radius 1 is 1.47 bits per heavy atom. The zero-order valence-electron chi connectivity index (χ0n) is 9.37. The molecule has 1 rings (SSSR count). The highest BCUT2D eigenvalue weighted by Crippen LogP contribution is 2.25. The molecule has 1 aromatic rings. The molecule has 0 radical (unpaired) electrons. The summed E-state index contributed by atoms with van der Waals surface area (Å²) in [6.45, 7) is 4.28. The van der Waals surface area contributed by atoms with Gasteiger partial charge in [0, 0.05) is 13.1 Å². The molecule has 4 nitrogen and oxygen atoms in total. The molecular weight excluding hydrogens is 212 g/mol. The van der Waals surface area contributed by atoms with E-state index in [2.05, 4.69) is 28.7 Å². The summed E-state index contributed by atoms with van der Waals surface area (Å²) >= 11 is 6.03. The van der Waals surface area contributed by atoms with Crippen LogP contribution in [0.5, 0.6) is 0 Å². The summed E-state index contributed by atoms with van der Waals surface area (Å²) in [5.74, 6) is 0.963. The summed E-state index contributed by atoms with van der Waals surface area (Å²) in [7, 11) is 1.98. The molecular formula is C10H17ClN4. The van der Waals surface area contributed by atoms with E-state index < -0.39 is 0 Å². The van der Waals surface area contributed by atoms with Gasteiger partial charge in [0.2, 0.25) is 5.95 Å². The number of halogens is 1. The molecule has 2 N–H and O–H groups in total. The number of anilines is 2. The normalized spacial score (nSPS) is 10.7. The van der Waals surface area contributed by atoms with Gasteiger partial charge in [-0.15, -0.1) is 0 Å². The molecule has 0 aliphatic carbocycles. The second kappa shape index (κ2) is 5.16. The lowest BCUT2D eigenvalue weighted by Gasteiger charge is -2.27. The topological polar surface area (TPSA) is 55.0 Å². The first kappa shape index (κ1) is 12.0. The molecule has 0 saturated carbocycles. The van der Waals surface area contributed by atoms with E-state index in [1.165, 1.54) is 6.20 Å². The van der Waals surface area contributed by atoms with Crippen molar-refractivity contribution in [2.45, 2.75) is 32.7 Å². The van der Waals surface area contributed by atoms with E-state index in [-0.39, 0.29) is 5.95 Å². The second-order valence-electron chi connectivity index (χ2n) is 3.48. The van der Waals surface area contributed by atoms with Crippen molar-refractivity contribution < 1.29 is 0 Å². The molecule has 15 heavy (non-hydrogen) atoms. The lowest BCUT2D eigenvalue weighted by atomic mass is 10.1. The van der Waals surface area contributed by atoms with Gasteiger partial charge in [0.05, 0.1) is 6.20 Å². The van der Waals surface area contributed by atoms with Crippen molar-refractivity contribution in [1.82, 2.24) is 9.97 Å². The zero-order valence-corrected chi connectivity index (χ0v) is 10.1. The molecule has 0 aliphatic rings. The molecule has 0 saturated heterocycles. The third-order valence-electron chi connectivity index (χ3n) is 2.57. The predicted molar refractivity (Wildman–Crippen MR) is 64.2 cm³/mol. The molecule has 0 spiro atoms. The van der Waals surface area contributed by atoms with Crippen molar-refractivity contribution in [3.05, 3.63) is 11.2 Å². The number of nitrogens with two attached hydrogens (primary N) is 1. The van der Waals surface area contributed by atoms with Gasteiger partial charge in [0.25, 0.3) is 0 Å². The van der Waals surface area contributed by atoms with E-state index in [1.54, 1.807) is 0 Å². The molecule has 0 unspecified atom stereocenters. The molecule has 0 aromatic carbocycles. The first-order chi connectivity index (χ1) is 7.10. The van der Waals surface area contributed by atoms with Crippen LogP contribution in [0.2, 0.25) is 5.02 Å². The summed E-state index contributed by atoms with van der Waals surface area (Å²) in [5, 5.41) is 0.540. The van der Waals surface area contributed by atoms with Crippen LogP contribution in [0.3, 0.4) is 0 Å². The van der Waals surface area contributed by atoms with Gasteiger partial charge in [0.15, 0.2) is 5.82 Å². The number of hydrogen-bond donors (Lipinski definition) is 1. The maximum atomic E-state index is 6.03. The number of nitrogen functional groups attached to an aromatic ring is 1. The Bertz CT molecular complexity index is 325. The van der Waals surface area contributed by atoms with Gasteiger partial charge in [0.1, 0.15) is 5.02 Å². The Balaban J connectivity index is 2.98. The summed E-state index contributed by atoms with van der Waals surface area (Å²) in [5.41, 5.74) is 5.54. The molecule has 0 bridgehead atoms. The van der Waals surface area contributed by atoms with Crippen LogP contribution in [0.4, 0.5) is 11.8 Å². The summed E-state index contributed by atoms with van der Waals surface area (Å²) in [6, 6.07) is 0.428. The van der Waals surface area contributed by atoms with Crippen LogP contribution in [0.25, 0.3) is 0 Å². The monoisotopic (exact) mass is 228 g/mol. The van der Waals surface area contributed by atoms with Gasteiger partial charge in [-0.3, -0.25) is 0 Å². The SMILES string of the molecule is CCC(CC)N(C)c1nc(N)ncc1Cl. The van der Waals surface area contributed by atoms with E-state index in [4.69, 9.17) is 17.3 Å². The van der Waals surface area contributed by atoms with Crippen molar-refractivity contribution >= 4 is 23.4 Å². The molecule has 5 heteroatoms. The number of rotatable bonds is 4. The predicted octanol–water partition coefficient (Wildman–Crippen LogP) is 2.34. The van der Waals surface area contributed by atoms with Crippen molar-refractivity contribution in [3.63, 3.8) is 0 Å². The first-order valence-electron chi connectivity index (χ1n) is 5.11. The standard InChI is InChI=1S/C10H17ClN4/c1-4-7(5-2)15(3)9-8(11)6-13-10(12)14-9/h6-7H,4-5H2,1-3H3,(H2,12,13,14). The summed E-state index contributed by atoms with van der Waals surface area (Å²) < 4.78 is 0. The van der Waals surface area contributed by atoms with Crippen LogP contribution in [0, 0.1) is 0 Å². The van der Waals surface area contributed by atoms with Gasteiger partial charge in [-0.1, -0.05) is 25.4 Å². The van der Waals surface area contributed by atoms with Crippen molar-refractivity contribution in [2.24, 2.45) is 0 Å². The Hall–Kier alpha value is -1.03. The summed E-state index contributed by atoms with van der Waals surface area (Å²) in [4.78, 5) is 10.0. The highest BCUT2D eigenvalue weighted by Gasteiger charge is 2.15. The third-order valence-corrected chi connectivity index (χ3v) is 2.84. The van der Waals surface area contributed by atoms with Crippen molar-refractivity contribution in [3.8, 4) is 0 Å². The Labute approximate surface area is 95.5 Å². The molecule has 0 amide bonds. The highest BCUT2D eigenvalue weighted by molar-refractivity contribution is 6.32. The average Bonchev–Trinajstić information content (AvgIpc) is 2.23. The fraction of sp³-hybridized carbons (Fsp3) is 0.600. The molecule has 84 valence electrons. The van der Waals surface area contributed by atoms with E-state index in [0.717, 1.165) is 12.8 Å². The highest BCUT2D eigenvalue weighted by atomic mass is 35.5. The lowest BCUT2D eigenvalue weighted by molar-refractivity contribution is 0.587. The van der Waals surface area contributed by atoms with Gasteiger partial charge in [-0.2, -0.15) is 4.98 Å². The first-order valence-corrected chi connectivity index (χ1v) is 5.48. The van der Waals surface area contributed by atoms with E-state index in [9.17, 15) is 0 Å². The fourth-order valence-corrected chi connectivity index (χ4v) is 1.85. The maximum absolute atomic E-state index is 6.03. The van der Waals surface area contributed by atoms with Crippen LogP contribution in [-0.2, 0) is 0 Å². The van der Waals surface area contributed by atoms with Crippen molar-refractivity contribution in [2.75, 3.05) is 17.7 Å². The van der Waals surface area contributed by atoms with Crippen LogP contribution >= 0.6 is 11.6 Å². The minimum atomic E-state index is 0.257. The minimum Gasteiger partial charge on any atom is -0.368 e. The largest absolute Gasteiger partial charge is 0.368 e. The molecule has 0 atom stereocenters. The second-order valence-corrected chi connectivity index (χ2v) is 3.89. The van der Waals surface area contributed by atoms with Crippen LogP contribution in [-0.4, -0.2) is 23.1 Å². The summed E-state index contributed by atoms with van der Waals surface area (Å²) in [6.07, 6.45) is 3.64. The lowest BCUT2D eigenvalue weighted by Crippen LogP contribution is -2.31. The molecule has 1 aromatic heterocycles. The Morgan fingerprint density at radius 2 is 2.07 bits per heavy atom. The number of nitrogens with zero attached hydrogens (tertiary/aromatic N) is 3. The number of aromatic nitrogens is 2. The smallest absolute Gasteiger partial charge is 0.222 e. The van der Waals surface area contributed by atoms with E-state index in [0.29, 0.717) is 16.9 Å². The van der Waals surface area contributed by atoms with E-state index >= 15 is 0 Å². The Kier molecular flexibility index (Phi) is 4.15.